The molecule has 1 rings (SSSR count). The minimum absolute atomic E-state index is 0.0363. The summed E-state index contributed by atoms with van der Waals surface area (Å²) in [5.41, 5.74) is 1.09. The molecule has 0 fully saturated rings. The second kappa shape index (κ2) is 8.25. The van der Waals surface area contributed by atoms with Crippen molar-refractivity contribution in [2.45, 2.75) is 45.4 Å². The molecule has 0 amide bonds. The number of hydrogen-bond acceptors (Lipinski definition) is 2. The van der Waals surface area contributed by atoms with Gasteiger partial charge in [-0.2, -0.15) is 0 Å². The Labute approximate surface area is 115 Å². The van der Waals surface area contributed by atoms with Gasteiger partial charge in [0.15, 0.2) is 11.5 Å². The van der Waals surface area contributed by atoms with E-state index in [0.29, 0.717) is 13.2 Å². The van der Waals surface area contributed by atoms with Crippen LogP contribution in [0.2, 0.25) is 0 Å². The van der Waals surface area contributed by atoms with Crippen LogP contribution in [0.1, 0.15) is 51.0 Å². The largest absolute Gasteiger partial charge is 0.490 e. The summed E-state index contributed by atoms with van der Waals surface area (Å²) < 4.78 is 11.4. The Morgan fingerprint density at radius 2 is 1.61 bits per heavy atom. The van der Waals surface area contributed by atoms with E-state index in [9.17, 15) is 0 Å². The van der Waals surface area contributed by atoms with E-state index in [-0.39, 0.29) is 5.38 Å². The van der Waals surface area contributed by atoms with Crippen LogP contribution in [0.4, 0.5) is 0 Å². The predicted molar refractivity (Wildman–Crippen MR) is 76.9 cm³/mol. The maximum Gasteiger partial charge on any atom is 0.161 e. The number of rotatable bonds is 8. The lowest BCUT2D eigenvalue weighted by Crippen LogP contribution is -2.02. The summed E-state index contributed by atoms with van der Waals surface area (Å²) in [6.07, 6.45) is 2.88. The summed E-state index contributed by atoms with van der Waals surface area (Å²) in [6, 6.07) is 5.98. The fourth-order valence-corrected chi connectivity index (χ4v) is 1.75. The van der Waals surface area contributed by atoms with Crippen molar-refractivity contribution in [2.75, 3.05) is 13.2 Å². The summed E-state index contributed by atoms with van der Waals surface area (Å²) in [5.74, 6) is 1.62. The molecule has 0 aromatic heterocycles. The quantitative estimate of drug-likeness (QED) is 0.622. The molecule has 0 aliphatic rings. The Morgan fingerprint density at radius 3 is 2.17 bits per heavy atom. The molecule has 0 saturated carbocycles. The van der Waals surface area contributed by atoms with Gasteiger partial charge < -0.3 is 9.47 Å². The maximum atomic E-state index is 6.26. The Morgan fingerprint density at radius 1 is 1.00 bits per heavy atom. The topological polar surface area (TPSA) is 18.5 Å². The lowest BCUT2D eigenvalue weighted by molar-refractivity contribution is 0.268. The molecule has 0 heterocycles. The molecule has 1 unspecified atom stereocenters. The van der Waals surface area contributed by atoms with E-state index in [0.717, 1.165) is 36.3 Å². The van der Waals surface area contributed by atoms with Crippen molar-refractivity contribution in [3.8, 4) is 11.5 Å². The minimum atomic E-state index is 0.0363. The summed E-state index contributed by atoms with van der Waals surface area (Å²) in [7, 11) is 0. The van der Waals surface area contributed by atoms with E-state index >= 15 is 0 Å². The van der Waals surface area contributed by atoms with Crippen LogP contribution in [0, 0.1) is 0 Å². The van der Waals surface area contributed by atoms with E-state index in [4.69, 9.17) is 21.1 Å². The molecule has 18 heavy (non-hydrogen) atoms. The zero-order valence-electron chi connectivity index (χ0n) is 11.5. The molecule has 1 aromatic carbocycles. The van der Waals surface area contributed by atoms with Gasteiger partial charge in [-0.05, 0) is 37.0 Å². The standard InChI is InChI=1S/C15H23ClO2/c1-4-9-17-14-8-7-12(13(16)6-3)11-15(14)18-10-5-2/h7-8,11,13H,4-6,9-10H2,1-3H3. The Kier molecular flexibility index (Phi) is 6.96. The molecular weight excluding hydrogens is 248 g/mol. The highest BCUT2D eigenvalue weighted by Gasteiger charge is 2.11. The highest BCUT2D eigenvalue weighted by molar-refractivity contribution is 6.20. The second-order valence-electron chi connectivity index (χ2n) is 4.28. The van der Waals surface area contributed by atoms with Crippen molar-refractivity contribution >= 4 is 11.6 Å². The highest BCUT2D eigenvalue weighted by Crippen LogP contribution is 2.33. The van der Waals surface area contributed by atoms with Gasteiger partial charge in [-0.1, -0.05) is 26.8 Å². The number of alkyl halides is 1. The van der Waals surface area contributed by atoms with Crippen LogP contribution in [0.15, 0.2) is 18.2 Å². The van der Waals surface area contributed by atoms with E-state index in [2.05, 4.69) is 20.8 Å². The van der Waals surface area contributed by atoms with Gasteiger partial charge in [0.2, 0.25) is 0 Å². The molecule has 0 saturated heterocycles. The average Bonchev–Trinajstić information content (AvgIpc) is 2.42. The Bertz CT molecular complexity index is 352. The van der Waals surface area contributed by atoms with Crippen molar-refractivity contribution < 1.29 is 9.47 Å². The number of ether oxygens (including phenoxy) is 2. The lowest BCUT2D eigenvalue weighted by atomic mass is 10.1. The first kappa shape index (κ1) is 15.2. The monoisotopic (exact) mass is 270 g/mol. The molecule has 3 heteroatoms. The van der Waals surface area contributed by atoms with Crippen LogP contribution in [-0.2, 0) is 0 Å². The van der Waals surface area contributed by atoms with E-state index in [1.54, 1.807) is 0 Å². The lowest BCUT2D eigenvalue weighted by Gasteiger charge is -2.15. The molecule has 0 bridgehead atoms. The van der Waals surface area contributed by atoms with Gasteiger partial charge in [-0.15, -0.1) is 11.6 Å². The van der Waals surface area contributed by atoms with Crippen LogP contribution in [0.3, 0.4) is 0 Å². The number of halogens is 1. The molecule has 0 radical (unpaired) electrons. The number of benzene rings is 1. The zero-order valence-corrected chi connectivity index (χ0v) is 12.3. The third-order valence-electron chi connectivity index (χ3n) is 2.61. The van der Waals surface area contributed by atoms with Gasteiger partial charge in [-0.3, -0.25) is 0 Å². The normalized spacial score (nSPS) is 12.2. The SMILES string of the molecule is CCCOc1ccc(C(Cl)CC)cc1OCCC. The van der Waals surface area contributed by atoms with Crippen LogP contribution in [-0.4, -0.2) is 13.2 Å². The van der Waals surface area contributed by atoms with Crippen LogP contribution < -0.4 is 9.47 Å². The molecule has 0 aliphatic heterocycles. The molecule has 0 aliphatic carbocycles. The smallest absolute Gasteiger partial charge is 0.161 e. The molecule has 0 N–H and O–H groups in total. The average molecular weight is 271 g/mol. The second-order valence-corrected chi connectivity index (χ2v) is 4.81. The summed E-state index contributed by atoms with van der Waals surface area (Å²) in [4.78, 5) is 0. The van der Waals surface area contributed by atoms with Gasteiger partial charge in [0.25, 0.3) is 0 Å². The van der Waals surface area contributed by atoms with Crippen molar-refractivity contribution in [1.82, 2.24) is 0 Å². The van der Waals surface area contributed by atoms with Gasteiger partial charge in [0.1, 0.15) is 0 Å². The predicted octanol–water partition coefficient (Wildman–Crippen LogP) is 4.95. The Hall–Kier alpha value is -0.890. The van der Waals surface area contributed by atoms with Crippen LogP contribution in [0.25, 0.3) is 0 Å². The molecule has 102 valence electrons. The summed E-state index contributed by atoms with van der Waals surface area (Å²) >= 11 is 6.26. The molecule has 2 nitrogen and oxygen atoms in total. The van der Waals surface area contributed by atoms with Crippen LogP contribution >= 0.6 is 11.6 Å². The summed E-state index contributed by atoms with van der Waals surface area (Å²) in [5, 5.41) is 0.0363. The van der Waals surface area contributed by atoms with Gasteiger partial charge in [-0.25, -0.2) is 0 Å². The number of hydrogen-bond donors (Lipinski definition) is 0. The third-order valence-corrected chi connectivity index (χ3v) is 3.17. The molecule has 1 atom stereocenters. The van der Waals surface area contributed by atoms with Crippen molar-refractivity contribution in [3.05, 3.63) is 23.8 Å². The fourth-order valence-electron chi connectivity index (χ4n) is 1.61. The first-order chi connectivity index (χ1) is 8.72. The molecule has 0 spiro atoms. The Balaban J connectivity index is 2.88. The molecular formula is C15H23ClO2. The highest BCUT2D eigenvalue weighted by atomic mass is 35.5. The molecule has 1 aromatic rings. The van der Waals surface area contributed by atoms with E-state index < -0.39 is 0 Å². The van der Waals surface area contributed by atoms with Gasteiger partial charge in [0.05, 0.1) is 18.6 Å². The van der Waals surface area contributed by atoms with Gasteiger partial charge >= 0.3 is 0 Å². The first-order valence-electron chi connectivity index (χ1n) is 6.76. The summed E-state index contributed by atoms with van der Waals surface area (Å²) in [6.45, 7) is 7.66. The van der Waals surface area contributed by atoms with Crippen LogP contribution in [0.5, 0.6) is 11.5 Å². The van der Waals surface area contributed by atoms with Crippen molar-refractivity contribution in [3.63, 3.8) is 0 Å². The van der Waals surface area contributed by atoms with Crippen molar-refractivity contribution in [2.24, 2.45) is 0 Å². The first-order valence-corrected chi connectivity index (χ1v) is 7.20. The maximum absolute atomic E-state index is 6.26. The fraction of sp³-hybridized carbons (Fsp3) is 0.600. The third kappa shape index (κ3) is 4.41. The van der Waals surface area contributed by atoms with E-state index in [1.165, 1.54) is 0 Å². The zero-order chi connectivity index (χ0) is 13.4. The van der Waals surface area contributed by atoms with Crippen molar-refractivity contribution in [1.29, 1.82) is 0 Å². The van der Waals surface area contributed by atoms with Gasteiger partial charge in [0, 0.05) is 0 Å². The minimum Gasteiger partial charge on any atom is -0.490 e. The van der Waals surface area contributed by atoms with E-state index in [1.807, 2.05) is 18.2 Å².